The van der Waals surface area contributed by atoms with Crippen LogP contribution in [0.4, 0.5) is 34.5 Å². The zero-order valence-electron chi connectivity index (χ0n) is 11.7. The molecule has 7 heteroatoms. The van der Waals surface area contributed by atoms with Crippen molar-refractivity contribution in [1.82, 2.24) is 15.0 Å². The van der Waals surface area contributed by atoms with E-state index in [9.17, 15) is 0 Å². The van der Waals surface area contributed by atoms with Crippen molar-refractivity contribution in [3.63, 3.8) is 0 Å². The molecular formula is C15H15N7. The summed E-state index contributed by atoms with van der Waals surface area (Å²) in [6.45, 7) is 0. The smallest absolute Gasteiger partial charge is 0.141 e. The molecule has 0 atom stereocenters. The first-order valence-electron chi connectivity index (χ1n) is 6.58. The number of rotatable bonds is 3. The lowest BCUT2D eigenvalue weighted by atomic mass is 10.3. The molecule has 0 radical (unpaired) electrons. The fraction of sp³-hybridized carbons (Fsp3) is 0. The van der Waals surface area contributed by atoms with Gasteiger partial charge in [0.25, 0.3) is 0 Å². The minimum absolute atomic E-state index is 0.580. The molecule has 22 heavy (non-hydrogen) atoms. The van der Waals surface area contributed by atoms with E-state index in [4.69, 9.17) is 17.2 Å². The molecule has 0 unspecified atom stereocenters. The molecule has 3 rings (SSSR count). The average molecular weight is 293 g/mol. The molecule has 110 valence electrons. The van der Waals surface area contributed by atoms with Gasteiger partial charge in [0.15, 0.2) is 0 Å². The predicted molar refractivity (Wildman–Crippen MR) is 87.7 cm³/mol. The van der Waals surface area contributed by atoms with Crippen LogP contribution in [0.1, 0.15) is 0 Å². The molecule has 6 N–H and O–H groups in total. The Labute approximate surface area is 127 Å². The maximum absolute atomic E-state index is 5.86. The lowest BCUT2D eigenvalue weighted by Crippen LogP contribution is -2.15. The maximum atomic E-state index is 5.86. The summed E-state index contributed by atoms with van der Waals surface area (Å²) in [4.78, 5) is 14.7. The first-order chi connectivity index (χ1) is 10.6. The highest BCUT2D eigenvalue weighted by molar-refractivity contribution is 5.73. The highest BCUT2D eigenvalue weighted by Gasteiger charge is 2.16. The van der Waals surface area contributed by atoms with E-state index in [0.29, 0.717) is 34.5 Å². The van der Waals surface area contributed by atoms with E-state index in [2.05, 4.69) is 15.0 Å². The number of hydrogen-bond donors (Lipinski definition) is 3. The van der Waals surface area contributed by atoms with Gasteiger partial charge in [-0.2, -0.15) is 0 Å². The van der Waals surface area contributed by atoms with Crippen LogP contribution in [0.5, 0.6) is 0 Å². The molecular weight excluding hydrogens is 278 g/mol. The van der Waals surface area contributed by atoms with E-state index in [-0.39, 0.29) is 0 Å². The van der Waals surface area contributed by atoms with E-state index >= 15 is 0 Å². The summed E-state index contributed by atoms with van der Waals surface area (Å²) in [7, 11) is 0. The number of aromatic nitrogens is 3. The van der Waals surface area contributed by atoms with Crippen molar-refractivity contribution in [2.75, 3.05) is 22.1 Å². The molecule has 3 aromatic heterocycles. The Hall–Kier alpha value is -3.35. The van der Waals surface area contributed by atoms with Crippen LogP contribution in [0.15, 0.2) is 55.0 Å². The lowest BCUT2D eigenvalue weighted by Gasteiger charge is -2.22. The van der Waals surface area contributed by atoms with E-state index in [1.165, 1.54) is 0 Å². The fourth-order valence-corrected chi connectivity index (χ4v) is 2.02. The van der Waals surface area contributed by atoms with Crippen LogP contribution < -0.4 is 22.1 Å². The first kappa shape index (κ1) is 13.6. The highest BCUT2D eigenvalue weighted by atomic mass is 15.3. The predicted octanol–water partition coefficient (Wildman–Crippen LogP) is 2.09. The number of nitrogens with zero attached hydrogens (tertiary/aromatic N) is 4. The Morgan fingerprint density at radius 1 is 0.591 bits per heavy atom. The van der Waals surface area contributed by atoms with E-state index in [1.54, 1.807) is 59.9 Å². The summed E-state index contributed by atoms with van der Waals surface area (Å²) in [5, 5.41) is 0. The van der Waals surface area contributed by atoms with E-state index in [0.717, 1.165) is 0 Å². The van der Waals surface area contributed by atoms with Gasteiger partial charge in [-0.1, -0.05) is 0 Å². The van der Waals surface area contributed by atoms with Crippen molar-refractivity contribution in [2.45, 2.75) is 0 Å². The second-order valence-electron chi connectivity index (χ2n) is 4.68. The Kier molecular flexibility index (Phi) is 3.45. The topological polar surface area (TPSA) is 120 Å². The quantitative estimate of drug-likeness (QED) is 0.676. The molecule has 0 aliphatic heterocycles. The summed E-state index contributed by atoms with van der Waals surface area (Å²) in [5.74, 6) is 1.74. The van der Waals surface area contributed by atoms with Crippen LogP contribution in [0, 0.1) is 0 Å². The largest absolute Gasteiger partial charge is 0.399 e. The monoisotopic (exact) mass is 293 g/mol. The SMILES string of the molecule is Nc1ccnc(N(c2cc(N)ccn2)c2cc(N)ccn2)c1. The van der Waals surface area contributed by atoms with Crippen LogP contribution in [-0.4, -0.2) is 15.0 Å². The van der Waals surface area contributed by atoms with E-state index < -0.39 is 0 Å². The standard InChI is InChI=1S/C15H15N7/c16-10-1-4-19-13(7-10)22(14-8-11(17)2-5-20-14)15-9-12(18)3-6-21-15/h1-9H,(H2,16,19)(H2,17,20)(H2,18,21). The number of anilines is 6. The van der Waals surface area contributed by atoms with Crippen molar-refractivity contribution in [3.05, 3.63) is 55.0 Å². The molecule has 0 aliphatic rings. The maximum Gasteiger partial charge on any atom is 0.141 e. The zero-order valence-corrected chi connectivity index (χ0v) is 11.7. The minimum atomic E-state index is 0.580. The molecule has 0 fully saturated rings. The van der Waals surface area contributed by atoms with Crippen molar-refractivity contribution in [2.24, 2.45) is 0 Å². The lowest BCUT2D eigenvalue weighted by molar-refractivity contribution is 1.09. The zero-order chi connectivity index (χ0) is 15.5. The molecule has 0 spiro atoms. The van der Waals surface area contributed by atoms with Crippen LogP contribution in [0.25, 0.3) is 0 Å². The van der Waals surface area contributed by atoms with Crippen molar-refractivity contribution in [3.8, 4) is 0 Å². The van der Waals surface area contributed by atoms with Crippen LogP contribution in [0.3, 0.4) is 0 Å². The third-order valence-corrected chi connectivity index (χ3v) is 3.00. The fourth-order valence-electron chi connectivity index (χ4n) is 2.02. The van der Waals surface area contributed by atoms with Gasteiger partial charge in [-0.25, -0.2) is 15.0 Å². The third kappa shape index (κ3) is 2.73. The van der Waals surface area contributed by atoms with Gasteiger partial charge in [-0.15, -0.1) is 0 Å². The van der Waals surface area contributed by atoms with Crippen molar-refractivity contribution < 1.29 is 0 Å². The molecule has 0 bridgehead atoms. The average Bonchev–Trinajstić information content (AvgIpc) is 2.48. The Morgan fingerprint density at radius 3 is 1.18 bits per heavy atom. The van der Waals surface area contributed by atoms with Crippen molar-refractivity contribution in [1.29, 1.82) is 0 Å². The second-order valence-corrected chi connectivity index (χ2v) is 4.68. The van der Waals surface area contributed by atoms with E-state index in [1.807, 2.05) is 0 Å². The molecule has 0 saturated heterocycles. The summed E-state index contributed by atoms with van der Waals surface area (Å²) >= 11 is 0. The molecule has 0 aliphatic carbocycles. The summed E-state index contributed by atoms with van der Waals surface area (Å²) in [6, 6.07) is 10.3. The van der Waals surface area contributed by atoms with Gasteiger partial charge in [0, 0.05) is 53.9 Å². The second kappa shape index (κ2) is 5.57. The first-order valence-corrected chi connectivity index (χ1v) is 6.58. The van der Waals surface area contributed by atoms with Gasteiger partial charge < -0.3 is 17.2 Å². The summed E-state index contributed by atoms with van der Waals surface area (Å²) < 4.78 is 0. The van der Waals surface area contributed by atoms with Gasteiger partial charge in [0.05, 0.1) is 0 Å². The molecule has 7 nitrogen and oxygen atoms in total. The highest BCUT2D eigenvalue weighted by Crippen LogP contribution is 2.32. The van der Waals surface area contributed by atoms with Gasteiger partial charge in [-0.3, -0.25) is 4.90 Å². The van der Waals surface area contributed by atoms with Gasteiger partial charge in [0.1, 0.15) is 17.5 Å². The normalized spacial score (nSPS) is 10.4. The van der Waals surface area contributed by atoms with Crippen LogP contribution >= 0.6 is 0 Å². The number of pyridine rings is 3. The van der Waals surface area contributed by atoms with Gasteiger partial charge in [0.2, 0.25) is 0 Å². The molecule has 0 aromatic carbocycles. The summed E-state index contributed by atoms with van der Waals surface area (Å²) in [6.07, 6.45) is 4.86. The molecule has 3 aromatic rings. The van der Waals surface area contributed by atoms with Crippen molar-refractivity contribution >= 4 is 34.5 Å². The molecule has 0 amide bonds. The minimum Gasteiger partial charge on any atom is -0.399 e. The molecule has 3 heterocycles. The Bertz CT molecular complexity index is 695. The van der Waals surface area contributed by atoms with Gasteiger partial charge >= 0.3 is 0 Å². The molecule has 0 saturated carbocycles. The van der Waals surface area contributed by atoms with Crippen LogP contribution in [0.2, 0.25) is 0 Å². The Morgan fingerprint density at radius 2 is 0.909 bits per heavy atom. The third-order valence-electron chi connectivity index (χ3n) is 3.00. The van der Waals surface area contributed by atoms with Gasteiger partial charge in [-0.05, 0) is 18.2 Å². The summed E-state index contributed by atoms with van der Waals surface area (Å²) in [5.41, 5.74) is 19.3. The Balaban J connectivity index is 2.18. The number of nitrogens with two attached hydrogens (primary N) is 3. The number of hydrogen-bond acceptors (Lipinski definition) is 7. The van der Waals surface area contributed by atoms with Crippen LogP contribution in [-0.2, 0) is 0 Å². The number of nitrogen functional groups attached to an aromatic ring is 3.